The Bertz CT molecular complexity index is 762. The number of hydrogen-bond acceptors (Lipinski definition) is 3. The van der Waals surface area contributed by atoms with Crippen LogP contribution in [0, 0.1) is 11.8 Å². The Balaban J connectivity index is 0.00000139. The fourth-order valence-electron chi connectivity index (χ4n) is 1.78. The van der Waals surface area contributed by atoms with Crippen molar-refractivity contribution in [3.63, 3.8) is 0 Å². The number of halogens is 1. The molecule has 0 unspecified atom stereocenters. The molecule has 24 heavy (non-hydrogen) atoms. The van der Waals surface area contributed by atoms with Gasteiger partial charge < -0.3 is 10.8 Å². The first kappa shape index (κ1) is 19.4. The third kappa shape index (κ3) is 5.53. The molecule has 1 heterocycles. The molecule has 1 aromatic heterocycles. The van der Waals surface area contributed by atoms with E-state index in [1.165, 1.54) is 0 Å². The van der Waals surface area contributed by atoms with Crippen LogP contribution in [-0.2, 0) is 0 Å². The molecule has 4 N–H and O–H groups in total. The third-order valence-electron chi connectivity index (χ3n) is 3.02. The van der Waals surface area contributed by atoms with Gasteiger partial charge in [0.15, 0.2) is 0 Å². The van der Waals surface area contributed by atoms with Crippen molar-refractivity contribution in [2.75, 3.05) is 11.6 Å². The van der Waals surface area contributed by atoms with Crippen LogP contribution in [0.4, 0.5) is 5.69 Å². The van der Waals surface area contributed by atoms with Gasteiger partial charge in [0, 0.05) is 22.7 Å². The van der Waals surface area contributed by atoms with Crippen LogP contribution in [0.3, 0.4) is 0 Å². The van der Waals surface area contributed by atoms with E-state index in [9.17, 15) is 5.11 Å². The second kappa shape index (κ2) is 10.2. The van der Waals surface area contributed by atoms with Crippen LogP contribution in [-0.4, -0.2) is 21.2 Å². The summed E-state index contributed by atoms with van der Waals surface area (Å²) < 4.78 is 0. The summed E-state index contributed by atoms with van der Waals surface area (Å²) in [4.78, 5) is 0. The fourth-order valence-corrected chi connectivity index (χ4v) is 1.87. The van der Waals surface area contributed by atoms with Gasteiger partial charge in [0.2, 0.25) is 0 Å². The van der Waals surface area contributed by atoms with Crippen molar-refractivity contribution in [1.29, 1.82) is 0 Å². The van der Waals surface area contributed by atoms with Crippen molar-refractivity contribution in [3.8, 4) is 11.8 Å². The lowest BCUT2D eigenvalue weighted by Gasteiger charge is -2.01. The summed E-state index contributed by atoms with van der Waals surface area (Å²) >= 11 is 5.56. The molecule has 0 saturated heterocycles. The minimum Gasteiger partial charge on any atom is -0.508 e. The third-order valence-corrected chi connectivity index (χ3v) is 3.19. The summed E-state index contributed by atoms with van der Waals surface area (Å²) in [5, 5.41) is 16.8. The fraction of sp³-hybridized carbons (Fsp3) is 0.211. The van der Waals surface area contributed by atoms with Crippen LogP contribution in [0.25, 0.3) is 5.57 Å². The Hall–Kier alpha value is -2.64. The van der Waals surface area contributed by atoms with Gasteiger partial charge in [-0.25, -0.2) is 0 Å². The Morgan fingerprint density at radius 1 is 1.29 bits per heavy atom. The number of nitrogens with zero attached hydrogens (tertiary/aromatic N) is 1. The highest BCUT2D eigenvalue weighted by atomic mass is 35.5. The maximum atomic E-state index is 9.99. The number of anilines is 1. The lowest BCUT2D eigenvalue weighted by molar-refractivity contribution is 0.434. The Labute approximate surface area is 148 Å². The summed E-state index contributed by atoms with van der Waals surface area (Å²) in [6.07, 6.45) is 4.85. The minimum absolute atomic E-state index is 0.125. The molecule has 126 valence electrons. The number of nitrogens with one attached hydrogen (secondary N) is 1. The van der Waals surface area contributed by atoms with Gasteiger partial charge in [-0.15, -0.1) is 11.6 Å². The van der Waals surface area contributed by atoms with Crippen LogP contribution in [0.2, 0.25) is 0 Å². The number of nitrogens with two attached hydrogens (primary N) is 1. The van der Waals surface area contributed by atoms with Gasteiger partial charge in [-0.3, -0.25) is 5.10 Å². The normalized spacial score (nSPS) is 11.2. The van der Waals surface area contributed by atoms with Crippen molar-refractivity contribution in [2.45, 2.75) is 20.8 Å². The first-order chi connectivity index (χ1) is 11.6. The highest BCUT2D eigenvalue weighted by Crippen LogP contribution is 2.19. The van der Waals surface area contributed by atoms with Crippen LogP contribution in [0.1, 0.15) is 37.6 Å². The molecule has 0 aliphatic heterocycles. The number of hydrogen-bond donors (Lipinski definition) is 3. The monoisotopic (exact) mass is 343 g/mol. The van der Waals surface area contributed by atoms with E-state index < -0.39 is 0 Å². The standard InChI is InChI=1S/C17H16ClN3O.C2H6/c1-12(16(22)3-2-10-18)17-14(11-20-21-17)7-4-13-5-8-15(19)9-6-13;1-2/h2-3,5-6,8-9,11,22H,10,19H2,1H3,(H,20,21);1-2H3/b3-2-,16-12-;. The lowest BCUT2D eigenvalue weighted by Crippen LogP contribution is -1.90. The zero-order valence-corrected chi connectivity index (χ0v) is 14.9. The molecule has 0 bridgehead atoms. The second-order valence-electron chi connectivity index (χ2n) is 4.60. The summed E-state index contributed by atoms with van der Waals surface area (Å²) in [7, 11) is 0. The van der Waals surface area contributed by atoms with Crippen LogP contribution in [0.5, 0.6) is 0 Å². The minimum atomic E-state index is 0.125. The van der Waals surface area contributed by atoms with Crippen molar-refractivity contribution in [3.05, 3.63) is 65.2 Å². The number of allylic oxidation sites excluding steroid dienone is 3. The average molecular weight is 344 g/mol. The number of benzene rings is 1. The van der Waals surface area contributed by atoms with E-state index in [0.29, 0.717) is 28.4 Å². The van der Waals surface area contributed by atoms with E-state index in [-0.39, 0.29) is 5.76 Å². The van der Waals surface area contributed by atoms with Crippen LogP contribution in [0.15, 0.2) is 48.4 Å². The summed E-state index contributed by atoms with van der Waals surface area (Å²) in [5.74, 6) is 6.55. The summed E-state index contributed by atoms with van der Waals surface area (Å²) in [6.45, 7) is 5.79. The SMILES string of the molecule is C/C(=C(O)\C=C/CCl)c1[nH]ncc1C#Cc1ccc(N)cc1.CC. The molecule has 0 radical (unpaired) electrons. The molecule has 2 aromatic rings. The molecule has 0 spiro atoms. The van der Waals surface area contributed by atoms with Gasteiger partial charge in [0.1, 0.15) is 5.76 Å². The number of aliphatic hydroxyl groups excluding tert-OH is 1. The predicted octanol–water partition coefficient (Wildman–Crippen LogP) is 4.50. The number of nitrogen functional groups attached to an aromatic ring is 1. The molecule has 0 atom stereocenters. The first-order valence-corrected chi connectivity index (χ1v) is 8.19. The molecular formula is C19H22ClN3O. The number of aromatic amines is 1. The van der Waals surface area contributed by atoms with Crippen molar-refractivity contribution in [1.82, 2.24) is 10.2 Å². The zero-order chi connectivity index (χ0) is 17.9. The molecule has 0 aliphatic rings. The molecule has 4 nitrogen and oxygen atoms in total. The average Bonchev–Trinajstić information content (AvgIpc) is 3.08. The lowest BCUT2D eigenvalue weighted by atomic mass is 10.1. The topological polar surface area (TPSA) is 74.9 Å². The Morgan fingerprint density at radius 2 is 1.96 bits per heavy atom. The van der Waals surface area contributed by atoms with E-state index in [4.69, 9.17) is 17.3 Å². The molecule has 0 aliphatic carbocycles. The zero-order valence-electron chi connectivity index (χ0n) is 14.1. The van der Waals surface area contributed by atoms with Gasteiger partial charge in [0.05, 0.1) is 17.5 Å². The molecule has 0 saturated carbocycles. The predicted molar refractivity (Wildman–Crippen MR) is 102 cm³/mol. The first-order valence-electron chi connectivity index (χ1n) is 7.65. The van der Waals surface area contributed by atoms with Crippen molar-refractivity contribution in [2.24, 2.45) is 0 Å². The van der Waals surface area contributed by atoms with Crippen molar-refractivity contribution < 1.29 is 5.11 Å². The maximum Gasteiger partial charge on any atom is 0.120 e. The largest absolute Gasteiger partial charge is 0.508 e. The van der Waals surface area contributed by atoms with Gasteiger partial charge in [-0.05, 0) is 37.3 Å². The number of alkyl halides is 1. The van der Waals surface area contributed by atoms with Crippen molar-refractivity contribution >= 4 is 22.9 Å². The van der Waals surface area contributed by atoms with E-state index in [1.807, 2.05) is 26.0 Å². The summed E-state index contributed by atoms with van der Waals surface area (Å²) in [5.41, 5.74) is 9.24. The van der Waals surface area contributed by atoms with E-state index in [1.54, 1.807) is 37.4 Å². The molecule has 5 heteroatoms. The highest BCUT2D eigenvalue weighted by Gasteiger charge is 2.08. The quantitative estimate of drug-likeness (QED) is 0.252. The molecule has 0 amide bonds. The van der Waals surface area contributed by atoms with E-state index in [2.05, 4.69) is 22.0 Å². The summed E-state index contributed by atoms with van der Waals surface area (Å²) in [6, 6.07) is 7.30. The maximum absolute atomic E-state index is 9.99. The Kier molecular flexibility index (Phi) is 8.24. The smallest absolute Gasteiger partial charge is 0.120 e. The van der Waals surface area contributed by atoms with E-state index in [0.717, 1.165) is 5.56 Å². The number of aliphatic hydroxyl groups is 1. The number of aromatic nitrogens is 2. The van der Waals surface area contributed by atoms with Gasteiger partial charge in [-0.1, -0.05) is 31.8 Å². The molecule has 2 rings (SSSR count). The van der Waals surface area contributed by atoms with Crippen LogP contribution < -0.4 is 5.73 Å². The van der Waals surface area contributed by atoms with Gasteiger partial charge >= 0.3 is 0 Å². The van der Waals surface area contributed by atoms with Gasteiger partial charge in [-0.2, -0.15) is 5.10 Å². The number of H-pyrrole nitrogens is 1. The highest BCUT2D eigenvalue weighted by molar-refractivity contribution is 6.18. The van der Waals surface area contributed by atoms with Crippen LogP contribution >= 0.6 is 11.6 Å². The number of rotatable bonds is 3. The Morgan fingerprint density at radius 3 is 2.58 bits per heavy atom. The van der Waals surface area contributed by atoms with E-state index >= 15 is 0 Å². The van der Waals surface area contributed by atoms with Gasteiger partial charge in [0.25, 0.3) is 0 Å². The molecule has 1 aromatic carbocycles. The molecular weight excluding hydrogens is 322 g/mol. The second-order valence-corrected chi connectivity index (χ2v) is 4.91. The molecule has 0 fully saturated rings.